The van der Waals surface area contributed by atoms with E-state index in [4.69, 9.17) is 5.10 Å². The standard InChI is InChI=1S/C23H25N3O3S/c1-16-12-13-19(30(2,28)29)14-20(16)23(27)24-22-15-21(17-8-6-7-9-17)25-26(22)18-10-4-3-5-11-18/h3-5,10-15,17H,6-9H2,1-2H3,(H,24,27). The molecule has 2 aromatic carbocycles. The van der Waals surface area contributed by atoms with Gasteiger partial charge in [0.2, 0.25) is 0 Å². The molecule has 1 saturated carbocycles. The Hall–Kier alpha value is -2.93. The van der Waals surface area contributed by atoms with Crippen LogP contribution in [0.2, 0.25) is 0 Å². The normalized spacial score (nSPS) is 14.7. The van der Waals surface area contributed by atoms with E-state index in [1.807, 2.05) is 36.4 Å². The van der Waals surface area contributed by atoms with Crippen molar-refractivity contribution in [1.29, 1.82) is 0 Å². The van der Waals surface area contributed by atoms with Gasteiger partial charge in [0.1, 0.15) is 5.82 Å². The molecule has 0 radical (unpaired) electrons. The summed E-state index contributed by atoms with van der Waals surface area (Å²) >= 11 is 0. The molecule has 30 heavy (non-hydrogen) atoms. The molecular formula is C23H25N3O3S. The molecule has 0 aliphatic heterocycles. The Morgan fingerprint density at radius 3 is 2.43 bits per heavy atom. The van der Waals surface area contributed by atoms with E-state index < -0.39 is 9.84 Å². The summed E-state index contributed by atoms with van der Waals surface area (Å²) in [4.78, 5) is 13.2. The van der Waals surface area contributed by atoms with Crippen LogP contribution in [0.1, 0.15) is 53.2 Å². The molecule has 1 fully saturated rings. The van der Waals surface area contributed by atoms with E-state index in [2.05, 4.69) is 5.32 Å². The van der Waals surface area contributed by atoms with E-state index >= 15 is 0 Å². The van der Waals surface area contributed by atoms with Gasteiger partial charge in [-0.25, -0.2) is 13.1 Å². The minimum Gasteiger partial charge on any atom is -0.306 e. The molecule has 4 rings (SSSR count). The highest BCUT2D eigenvalue weighted by molar-refractivity contribution is 7.90. The summed E-state index contributed by atoms with van der Waals surface area (Å²) in [6, 6.07) is 16.2. The van der Waals surface area contributed by atoms with Gasteiger partial charge in [-0.2, -0.15) is 5.10 Å². The predicted octanol–water partition coefficient (Wildman–Crippen LogP) is 4.49. The second kappa shape index (κ2) is 8.07. The number of carbonyl (C=O) groups excluding carboxylic acids is 1. The highest BCUT2D eigenvalue weighted by Crippen LogP contribution is 2.35. The molecule has 7 heteroatoms. The first-order valence-electron chi connectivity index (χ1n) is 10.1. The van der Waals surface area contributed by atoms with Crippen molar-refractivity contribution in [3.63, 3.8) is 0 Å². The highest BCUT2D eigenvalue weighted by Gasteiger charge is 2.23. The van der Waals surface area contributed by atoms with Gasteiger partial charge in [0.25, 0.3) is 5.91 Å². The van der Waals surface area contributed by atoms with Crippen LogP contribution in [0.3, 0.4) is 0 Å². The number of amides is 1. The first-order chi connectivity index (χ1) is 14.3. The molecule has 0 saturated heterocycles. The molecule has 156 valence electrons. The molecule has 6 nitrogen and oxygen atoms in total. The molecule has 1 aromatic heterocycles. The van der Waals surface area contributed by atoms with Crippen LogP contribution in [0, 0.1) is 6.92 Å². The Morgan fingerprint density at radius 1 is 1.07 bits per heavy atom. The van der Waals surface area contributed by atoms with Crippen molar-refractivity contribution in [3.05, 3.63) is 71.4 Å². The van der Waals surface area contributed by atoms with E-state index in [1.165, 1.54) is 25.0 Å². The minimum absolute atomic E-state index is 0.126. The van der Waals surface area contributed by atoms with Crippen molar-refractivity contribution >= 4 is 21.6 Å². The van der Waals surface area contributed by atoms with E-state index in [-0.39, 0.29) is 10.8 Å². The molecule has 0 bridgehead atoms. The average Bonchev–Trinajstić information content (AvgIpc) is 3.38. The zero-order valence-corrected chi connectivity index (χ0v) is 17.9. The summed E-state index contributed by atoms with van der Waals surface area (Å²) in [6.45, 7) is 1.79. The maximum absolute atomic E-state index is 13.1. The molecule has 1 aliphatic rings. The summed E-state index contributed by atoms with van der Waals surface area (Å²) in [7, 11) is -3.40. The number of sulfone groups is 1. The largest absolute Gasteiger partial charge is 0.306 e. The average molecular weight is 424 g/mol. The van der Waals surface area contributed by atoms with Crippen molar-refractivity contribution in [2.24, 2.45) is 0 Å². The van der Waals surface area contributed by atoms with Crippen LogP contribution < -0.4 is 5.32 Å². The summed E-state index contributed by atoms with van der Waals surface area (Å²) in [6.07, 6.45) is 5.74. The van der Waals surface area contributed by atoms with Crippen molar-refractivity contribution in [2.45, 2.75) is 43.4 Å². The van der Waals surface area contributed by atoms with E-state index in [0.717, 1.165) is 30.5 Å². The smallest absolute Gasteiger partial charge is 0.257 e. The van der Waals surface area contributed by atoms with Crippen LogP contribution in [0.4, 0.5) is 5.82 Å². The minimum atomic E-state index is -3.40. The fourth-order valence-corrected chi connectivity index (χ4v) is 4.58. The fraction of sp³-hybridized carbons (Fsp3) is 0.304. The second-order valence-corrected chi connectivity index (χ2v) is 9.90. The quantitative estimate of drug-likeness (QED) is 0.655. The number of carbonyl (C=O) groups is 1. The van der Waals surface area contributed by atoms with Crippen LogP contribution in [-0.4, -0.2) is 30.4 Å². The summed E-state index contributed by atoms with van der Waals surface area (Å²) in [5.74, 6) is 0.631. The van der Waals surface area contributed by atoms with Crippen LogP contribution in [-0.2, 0) is 9.84 Å². The number of benzene rings is 2. The van der Waals surface area contributed by atoms with Crippen LogP contribution >= 0.6 is 0 Å². The topological polar surface area (TPSA) is 81.1 Å². The number of nitrogens with one attached hydrogen (secondary N) is 1. The van der Waals surface area contributed by atoms with Gasteiger partial charge in [-0.05, 0) is 49.6 Å². The van der Waals surface area contributed by atoms with Crippen LogP contribution in [0.15, 0.2) is 59.5 Å². The number of aryl methyl sites for hydroxylation is 1. The summed E-state index contributed by atoms with van der Waals surface area (Å²) in [5, 5.41) is 7.75. The maximum Gasteiger partial charge on any atom is 0.257 e. The lowest BCUT2D eigenvalue weighted by atomic mass is 10.0. The Labute approximate surface area is 176 Å². The number of aromatic nitrogens is 2. The summed E-state index contributed by atoms with van der Waals surface area (Å²) in [5.41, 5.74) is 2.88. The Morgan fingerprint density at radius 2 is 1.77 bits per heavy atom. The first kappa shape index (κ1) is 20.3. The third-order valence-electron chi connectivity index (χ3n) is 5.63. The van der Waals surface area contributed by atoms with Crippen molar-refractivity contribution < 1.29 is 13.2 Å². The number of anilines is 1. The molecular weight excluding hydrogens is 398 g/mol. The predicted molar refractivity (Wildman–Crippen MR) is 117 cm³/mol. The Bertz CT molecular complexity index is 1180. The molecule has 1 N–H and O–H groups in total. The maximum atomic E-state index is 13.1. The molecule has 3 aromatic rings. The van der Waals surface area contributed by atoms with Gasteiger partial charge in [0.05, 0.1) is 16.3 Å². The van der Waals surface area contributed by atoms with Gasteiger partial charge in [-0.3, -0.25) is 4.79 Å². The third-order valence-corrected chi connectivity index (χ3v) is 6.74. The highest BCUT2D eigenvalue weighted by atomic mass is 32.2. The number of hydrogen-bond acceptors (Lipinski definition) is 4. The lowest BCUT2D eigenvalue weighted by molar-refractivity contribution is 0.102. The van der Waals surface area contributed by atoms with Gasteiger partial charge in [0, 0.05) is 23.8 Å². The van der Waals surface area contributed by atoms with E-state index in [1.54, 1.807) is 17.7 Å². The van der Waals surface area contributed by atoms with E-state index in [9.17, 15) is 13.2 Å². The van der Waals surface area contributed by atoms with Gasteiger partial charge in [0.15, 0.2) is 9.84 Å². The zero-order valence-electron chi connectivity index (χ0n) is 17.1. The molecule has 0 unspecified atom stereocenters. The molecule has 1 amide bonds. The Balaban J connectivity index is 1.71. The first-order valence-corrected chi connectivity index (χ1v) is 12.0. The number of hydrogen-bond donors (Lipinski definition) is 1. The van der Waals surface area contributed by atoms with Crippen LogP contribution in [0.5, 0.6) is 0 Å². The monoisotopic (exact) mass is 423 g/mol. The lowest BCUT2D eigenvalue weighted by Gasteiger charge is -2.11. The van der Waals surface area contributed by atoms with Crippen molar-refractivity contribution in [3.8, 4) is 5.69 Å². The number of nitrogens with zero attached hydrogens (tertiary/aromatic N) is 2. The third kappa shape index (κ3) is 4.16. The SMILES string of the molecule is Cc1ccc(S(C)(=O)=O)cc1C(=O)Nc1cc(C2CCCC2)nn1-c1ccccc1. The number of rotatable bonds is 5. The lowest BCUT2D eigenvalue weighted by Crippen LogP contribution is -2.17. The summed E-state index contributed by atoms with van der Waals surface area (Å²) < 4.78 is 25.6. The van der Waals surface area contributed by atoms with Crippen LogP contribution in [0.25, 0.3) is 5.69 Å². The van der Waals surface area contributed by atoms with Gasteiger partial charge in [-0.1, -0.05) is 37.1 Å². The van der Waals surface area contributed by atoms with Crippen molar-refractivity contribution in [1.82, 2.24) is 9.78 Å². The molecule has 1 aliphatic carbocycles. The number of para-hydroxylation sites is 1. The second-order valence-electron chi connectivity index (χ2n) is 7.89. The van der Waals surface area contributed by atoms with Gasteiger partial charge < -0.3 is 5.32 Å². The van der Waals surface area contributed by atoms with Gasteiger partial charge >= 0.3 is 0 Å². The molecule has 0 atom stereocenters. The van der Waals surface area contributed by atoms with Crippen molar-refractivity contribution in [2.75, 3.05) is 11.6 Å². The van der Waals surface area contributed by atoms with E-state index in [0.29, 0.717) is 22.9 Å². The zero-order chi connectivity index (χ0) is 21.3. The Kier molecular flexibility index (Phi) is 5.47. The molecule has 0 spiro atoms. The molecule has 1 heterocycles. The fourth-order valence-electron chi connectivity index (χ4n) is 3.94. The van der Waals surface area contributed by atoms with Gasteiger partial charge in [-0.15, -0.1) is 0 Å².